The number of hydrogen-bond donors (Lipinski definition) is 1. The lowest BCUT2D eigenvalue weighted by atomic mass is 10.1. The first-order valence-corrected chi connectivity index (χ1v) is 9.80. The standard InChI is InChI=1S/C21H26ClN3O2/c1-15(2)9-11-23-21(27)20-18-4-3-12-24(18)14-19(26)25(20)13-10-16-5-7-17(22)8-6-16/h3-8,12,15,20H,9-11,13-14H2,1-2H3,(H,23,27)/t20-/m0/s1. The molecule has 0 saturated carbocycles. The molecule has 3 rings (SSSR count). The van der Waals surface area contributed by atoms with Crippen LogP contribution in [0.5, 0.6) is 0 Å². The number of fused-ring (bicyclic) bond motifs is 1. The SMILES string of the molecule is CC(C)CCNC(=O)[C@@H]1c2cccn2CC(=O)N1CCc1ccc(Cl)cc1. The quantitative estimate of drug-likeness (QED) is 0.791. The Bertz CT molecular complexity index is 798. The van der Waals surface area contributed by atoms with Crippen LogP contribution < -0.4 is 5.32 Å². The summed E-state index contributed by atoms with van der Waals surface area (Å²) in [6.07, 6.45) is 3.45. The van der Waals surface area contributed by atoms with Gasteiger partial charge in [0.2, 0.25) is 11.8 Å². The number of rotatable bonds is 7. The Morgan fingerprint density at radius 3 is 2.70 bits per heavy atom. The van der Waals surface area contributed by atoms with Crippen LogP contribution in [0.3, 0.4) is 0 Å². The predicted molar refractivity (Wildman–Crippen MR) is 107 cm³/mol. The fraction of sp³-hybridized carbons (Fsp3) is 0.429. The summed E-state index contributed by atoms with van der Waals surface area (Å²) < 4.78 is 1.87. The Kier molecular flexibility index (Phi) is 6.22. The Balaban J connectivity index is 1.75. The zero-order chi connectivity index (χ0) is 19.4. The fourth-order valence-corrected chi connectivity index (χ4v) is 3.50. The van der Waals surface area contributed by atoms with Gasteiger partial charge in [0, 0.05) is 24.3 Å². The maximum absolute atomic E-state index is 12.9. The highest BCUT2D eigenvalue weighted by Gasteiger charge is 2.36. The number of carbonyl (C=O) groups excluding carboxylic acids is 2. The molecule has 2 aromatic rings. The summed E-state index contributed by atoms with van der Waals surface area (Å²) in [5, 5.41) is 3.69. The molecule has 2 heterocycles. The van der Waals surface area contributed by atoms with E-state index in [1.165, 1.54) is 0 Å². The van der Waals surface area contributed by atoms with Crippen molar-refractivity contribution in [2.75, 3.05) is 13.1 Å². The first-order chi connectivity index (χ1) is 13.0. The van der Waals surface area contributed by atoms with Gasteiger partial charge in [0.05, 0.1) is 5.69 Å². The Morgan fingerprint density at radius 2 is 2.00 bits per heavy atom. The van der Waals surface area contributed by atoms with Crippen LogP contribution in [0.4, 0.5) is 0 Å². The highest BCUT2D eigenvalue weighted by atomic mass is 35.5. The van der Waals surface area contributed by atoms with Gasteiger partial charge in [-0.15, -0.1) is 0 Å². The van der Waals surface area contributed by atoms with Gasteiger partial charge in [-0.1, -0.05) is 37.6 Å². The normalized spacial score (nSPS) is 16.5. The van der Waals surface area contributed by atoms with E-state index >= 15 is 0 Å². The third-order valence-electron chi connectivity index (χ3n) is 4.91. The second kappa shape index (κ2) is 8.61. The van der Waals surface area contributed by atoms with Gasteiger partial charge in [-0.25, -0.2) is 0 Å². The van der Waals surface area contributed by atoms with E-state index in [0.29, 0.717) is 30.5 Å². The molecule has 0 aliphatic carbocycles. The van der Waals surface area contributed by atoms with Crippen molar-refractivity contribution in [3.8, 4) is 0 Å². The maximum Gasteiger partial charge on any atom is 0.248 e. The molecule has 1 atom stereocenters. The molecule has 27 heavy (non-hydrogen) atoms. The van der Waals surface area contributed by atoms with Crippen LogP contribution in [-0.2, 0) is 22.6 Å². The summed E-state index contributed by atoms with van der Waals surface area (Å²) in [7, 11) is 0. The number of nitrogens with zero attached hydrogens (tertiary/aromatic N) is 2. The van der Waals surface area contributed by atoms with Crippen molar-refractivity contribution in [1.82, 2.24) is 14.8 Å². The van der Waals surface area contributed by atoms with Crippen molar-refractivity contribution in [3.63, 3.8) is 0 Å². The van der Waals surface area contributed by atoms with Gasteiger partial charge in [0.25, 0.3) is 0 Å². The van der Waals surface area contributed by atoms with E-state index in [1.807, 2.05) is 47.2 Å². The molecule has 5 nitrogen and oxygen atoms in total. The van der Waals surface area contributed by atoms with Crippen molar-refractivity contribution < 1.29 is 9.59 Å². The summed E-state index contributed by atoms with van der Waals surface area (Å²) in [5.74, 6) is 0.375. The van der Waals surface area contributed by atoms with Gasteiger partial charge >= 0.3 is 0 Å². The van der Waals surface area contributed by atoms with E-state index < -0.39 is 6.04 Å². The number of hydrogen-bond acceptors (Lipinski definition) is 2. The van der Waals surface area contributed by atoms with Crippen LogP contribution in [0, 0.1) is 5.92 Å². The molecule has 1 aromatic heterocycles. The first kappa shape index (κ1) is 19.5. The zero-order valence-electron chi connectivity index (χ0n) is 15.8. The first-order valence-electron chi connectivity index (χ1n) is 9.42. The minimum Gasteiger partial charge on any atom is -0.354 e. The second-order valence-corrected chi connectivity index (χ2v) is 7.84. The second-order valence-electron chi connectivity index (χ2n) is 7.40. The van der Waals surface area contributed by atoms with Gasteiger partial charge in [0.15, 0.2) is 6.04 Å². The largest absolute Gasteiger partial charge is 0.354 e. The molecule has 1 aliphatic rings. The summed E-state index contributed by atoms with van der Waals surface area (Å²) >= 11 is 5.94. The number of aromatic nitrogens is 1. The summed E-state index contributed by atoms with van der Waals surface area (Å²) in [6, 6.07) is 10.8. The third-order valence-corrected chi connectivity index (χ3v) is 5.16. The van der Waals surface area contributed by atoms with E-state index in [4.69, 9.17) is 11.6 Å². The van der Waals surface area contributed by atoms with Crippen molar-refractivity contribution in [2.24, 2.45) is 5.92 Å². The third kappa shape index (κ3) is 4.72. The smallest absolute Gasteiger partial charge is 0.248 e. The molecular weight excluding hydrogens is 362 g/mol. The molecule has 6 heteroatoms. The lowest BCUT2D eigenvalue weighted by molar-refractivity contribution is -0.143. The predicted octanol–water partition coefficient (Wildman–Crippen LogP) is 3.43. The van der Waals surface area contributed by atoms with Gasteiger partial charge in [-0.3, -0.25) is 9.59 Å². The number of halogens is 1. The average Bonchev–Trinajstić information content (AvgIpc) is 3.08. The molecule has 2 amide bonds. The average molecular weight is 388 g/mol. The van der Waals surface area contributed by atoms with Crippen molar-refractivity contribution in [3.05, 3.63) is 58.9 Å². The van der Waals surface area contributed by atoms with Gasteiger partial charge in [-0.05, 0) is 48.6 Å². The molecule has 0 unspecified atom stereocenters. The summed E-state index contributed by atoms with van der Waals surface area (Å²) in [6.45, 7) is 5.64. The molecule has 0 bridgehead atoms. The number of amides is 2. The van der Waals surface area contributed by atoms with E-state index in [9.17, 15) is 9.59 Å². The van der Waals surface area contributed by atoms with Crippen molar-refractivity contribution in [1.29, 1.82) is 0 Å². The van der Waals surface area contributed by atoms with E-state index in [2.05, 4.69) is 19.2 Å². The minimum absolute atomic E-state index is 0.0309. The van der Waals surface area contributed by atoms with E-state index in [-0.39, 0.29) is 18.4 Å². The topological polar surface area (TPSA) is 54.3 Å². The minimum atomic E-state index is -0.583. The van der Waals surface area contributed by atoms with Crippen LogP contribution in [0.15, 0.2) is 42.6 Å². The highest BCUT2D eigenvalue weighted by Crippen LogP contribution is 2.27. The van der Waals surface area contributed by atoms with Crippen LogP contribution in [-0.4, -0.2) is 34.4 Å². The van der Waals surface area contributed by atoms with E-state index in [1.54, 1.807) is 4.90 Å². The lowest BCUT2D eigenvalue weighted by Crippen LogP contribution is -2.49. The van der Waals surface area contributed by atoms with Gasteiger partial charge < -0.3 is 14.8 Å². The number of carbonyl (C=O) groups is 2. The van der Waals surface area contributed by atoms with Crippen molar-refractivity contribution >= 4 is 23.4 Å². The zero-order valence-corrected chi connectivity index (χ0v) is 16.6. The number of benzene rings is 1. The fourth-order valence-electron chi connectivity index (χ4n) is 3.37. The van der Waals surface area contributed by atoms with Gasteiger partial charge in [0.1, 0.15) is 6.54 Å². The molecule has 0 saturated heterocycles. The molecule has 1 aliphatic heterocycles. The van der Waals surface area contributed by atoms with Gasteiger partial charge in [-0.2, -0.15) is 0 Å². The molecule has 0 spiro atoms. The Hall–Kier alpha value is -2.27. The summed E-state index contributed by atoms with van der Waals surface area (Å²) in [4.78, 5) is 27.4. The van der Waals surface area contributed by atoms with E-state index in [0.717, 1.165) is 17.7 Å². The van der Waals surface area contributed by atoms with Crippen molar-refractivity contribution in [2.45, 2.75) is 39.3 Å². The Morgan fingerprint density at radius 1 is 1.26 bits per heavy atom. The highest BCUT2D eigenvalue weighted by molar-refractivity contribution is 6.30. The molecule has 1 N–H and O–H groups in total. The van der Waals surface area contributed by atoms with Crippen LogP contribution in [0.25, 0.3) is 0 Å². The molecule has 0 radical (unpaired) electrons. The van der Waals surface area contributed by atoms with Crippen LogP contribution >= 0.6 is 11.6 Å². The molecule has 0 fully saturated rings. The van der Waals surface area contributed by atoms with Crippen LogP contribution in [0.2, 0.25) is 5.02 Å². The monoisotopic (exact) mass is 387 g/mol. The molecule has 1 aromatic carbocycles. The van der Waals surface area contributed by atoms with Crippen LogP contribution in [0.1, 0.15) is 37.6 Å². The molecular formula is C21H26ClN3O2. The molecule has 144 valence electrons. The summed E-state index contributed by atoms with van der Waals surface area (Å²) in [5.41, 5.74) is 1.96. The maximum atomic E-state index is 12.9. The Labute approximate surface area is 165 Å². The number of nitrogens with one attached hydrogen (secondary N) is 1. The lowest BCUT2D eigenvalue weighted by Gasteiger charge is -2.36.